The van der Waals surface area contributed by atoms with E-state index in [2.05, 4.69) is 327 Å². The van der Waals surface area contributed by atoms with Crippen molar-refractivity contribution < 1.29 is 15.7 Å². The predicted molar refractivity (Wildman–Crippen MR) is 452 cm³/mol. The zero-order valence-electron chi connectivity index (χ0n) is 67.3. The fraction of sp³-hybridized carbons (Fsp3) is 0.0495. The van der Waals surface area contributed by atoms with Crippen LogP contribution in [0.3, 0.4) is 0 Å². The third-order valence-electron chi connectivity index (χ3n) is 23.8. The van der Waals surface area contributed by atoms with Crippen LogP contribution in [0.15, 0.2) is 358 Å². The number of anilines is 9. The van der Waals surface area contributed by atoms with Gasteiger partial charge in [0, 0.05) is 73.5 Å². The number of nitrogens with zero attached hydrogens (tertiary/aromatic N) is 4. The lowest BCUT2D eigenvalue weighted by Gasteiger charge is -2.46. The van der Waals surface area contributed by atoms with Gasteiger partial charge in [0.2, 0.25) is 0 Å². The molecule has 0 bridgehead atoms. The molecule has 0 saturated heterocycles. The lowest BCUT2D eigenvalue weighted by molar-refractivity contribution is 0.488. The number of para-hydroxylation sites is 6. The van der Waals surface area contributed by atoms with Crippen LogP contribution >= 0.6 is 0 Å². The topological polar surface area (TPSA) is 23.9 Å². The highest BCUT2D eigenvalue weighted by Crippen LogP contribution is 2.65. The van der Waals surface area contributed by atoms with Gasteiger partial charge in [0.15, 0.2) is 0 Å². The minimum Gasteiger partial charge on any atom is -0.458 e. The number of hydrogen-bond donors (Lipinski definition) is 0. The highest BCUT2D eigenvalue weighted by molar-refractivity contribution is 7.02. The van der Waals surface area contributed by atoms with Crippen LogP contribution in [0.5, 0.6) is 11.5 Å². The molecule has 108 heavy (non-hydrogen) atoms. The van der Waals surface area contributed by atoms with Gasteiger partial charge in [0.05, 0.1) is 38.8 Å². The van der Waals surface area contributed by atoms with Gasteiger partial charge in [-0.15, -0.1) is 0 Å². The molecule has 2 aliphatic carbocycles. The highest BCUT2D eigenvalue weighted by Gasteiger charge is 2.54. The maximum absolute atomic E-state index is 10.0. The van der Waals surface area contributed by atoms with Crippen molar-refractivity contribution in [1.29, 1.82) is 0 Å². The summed E-state index contributed by atoms with van der Waals surface area (Å²) in [6, 6.07) is 108. The van der Waals surface area contributed by atoms with Crippen LogP contribution in [-0.4, -0.2) is 18.0 Å². The summed E-state index contributed by atoms with van der Waals surface area (Å²) in [5.74, 6) is 1.38. The number of hydrogen-bond acceptors (Lipinski definition) is 4. The summed E-state index contributed by atoms with van der Waals surface area (Å²) >= 11 is 0. The molecule has 1 aromatic heterocycles. The normalized spacial score (nSPS) is 15.0. The van der Waals surface area contributed by atoms with Crippen molar-refractivity contribution in [3.05, 3.63) is 386 Å². The molecule has 0 fully saturated rings. The number of benzene rings is 16. The van der Waals surface area contributed by atoms with E-state index < -0.39 is 48.4 Å². The highest BCUT2D eigenvalue weighted by atomic mass is 16.5. The van der Waals surface area contributed by atoms with Gasteiger partial charge >= 0.3 is 0 Å². The molecule has 0 atom stereocenters. The SMILES string of the molecule is [2H]c1c([2H])c([2H])c2c(c1[2H])c1c([2H])c([2H])c([2H])c([2H])c1n2-c1cc2c3c(c1)N(c1c(-c4ccccc4)cc(C(C)(C)C)cc1-c1ccccc1)c1cc4c(cc1B3c1ccccc1N2c1ccccc1)B1c2ccccc2N(c2ccccc2)c2cc(-c3cccc5c3C3(c6ccccc6-c6ccccc63)c3ccccc3-5)cc(c21)O4. The van der Waals surface area contributed by atoms with Crippen molar-refractivity contribution in [2.75, 3.05) is 14.7 Å². The van der Waals surface area contributed by atoms with Crippen LogP contribution in [0.25, 0.3) is 83.1 Å². The van der Waals surface area contributed by atoms with Gasteiger partial charge in [-0.2, -0.15) is 0 Å². The van der Waals surface area contributed by atoms with Gasteiger partial charge in [-0.1, -0.05) is 288 Å². The van der Waals surface area contributed by atoms with Crippen LogP contribution in [0.1, 0.15) is 59.6 Å². The third-order valence-corrected chi connectivity index (χ3v) is 23.8. The quantitative estimate of drug-likeness (QED) is 0.148. The zero-order valence-corrected chi connectivity index (χ0v) is 59.3. The second-order valence-electron chi connectivity index (χ2n) is 30.3. The summed E-state index contributed by atoms with van der Waals surface area (Å²) in [7, 11) is 0. The van der Waals surface area contributed by atoms with E-state index in [1.807, 2.05) is 18.2 Å². The minimum atomic E-state index is -0.670. The Morgan fingerprint density at radius 1 is 0.324 bits per heavy atom. The van der Waals surface area contributed by atoms with E-state index in [-0.39, 0.29) is 46.0 Å². The van der Waals surface area contributed by atoms with E-state index in [0.29, 0.717) is 11.4 Å². The Morgan fingerprint density at radius 3 is 1.33 bits per heavy atom. The van der Waals surface area contributed by atoms with Crippen molar-refractivity contribution in [2.24, 2.45) is 0 Å². The lowest BCUT2D eigenvalue weighted by atomic mass is 9.30. The van der Waals surface area contributed by atoms with Crippen molar-refractivity contribution in [2.45, 2.75) is 31.6 Å². The summed E-state index contributed by atoms with van der Waals surface area (Å²) in [6.07, 6.45) is 0. The van der Waals surface area contributed by atoms with Crippen molar-refractivity contribution in [3.63, 3.8) is 0 Å². The van der Waals surface area contributed by atoms with Crippen molar-refractivity contribution >= 4 is 119 Å². The molecule has 1 spiro atoms. The van der Waals surface area contributed by atoms with E-state index in [0.717, 1.165) is 129 Å². The fourth-order valence-corrected chi connectivity index (χ4v) is 19.4. The van der Waals surface area contributed by atoms with Gasteiger partial charge in [-0.05, 0) is 195 Å². The van der Waals surface area contributed by atoms with Crippen LogP contribution in [-0.2, 0) is 10.8 Å². The molecule has 0 unspecified atom stereocenters. The maximum atomic E-state index is 10.0. The van der Waals surface area contributed by atoms with Crippen LogP contribution in [0.4, 0.5) is 51.2 Å². The van der Waals surface area contributed by atoms with Crippen LogP contribution in [0.2, 0.25) is 0 Å². The summed E-state index contributed by atoms with van der Waals surface area (Å²) in [5, 5.41) is -0.0144. The largest absolute Gasteiger partial charge is 0.458 e. The molecule has 4 aliphatic heterocycles. The number of ether oxygens (including phenoxy) is 1. The first kappa shape index (κ1) is 53.4. The molecule has 5 heterocycles. The van der Waals surface area contributed by atoms with Crippen molar-refractivity contribution in [1.82, 2.24) is 4.57 Å². The molecule has 7 heteroatoms. The lowest BCUT2D eigenvalue weighted by Crippen LogP contribution is -2.64. The Kier molecular flexibility index (Phi) is 11.3. The average Bonchev–Trinajstić information content (AvgIpc) is 1.39. The first-order valence-electron chi connectivity index (χ1n) is 41.2. The Morgan fingerprint density at radius 2 is 0.778 bits per heavy atom. The Balaban J connectivity index is 0.863. The predicted octanol–water partition coefficient (Wildman–Crippen LogP) is 21.9. The molecule has 16 aromatic carbocycles. The Hall–Kier alpha value is -13.4. The average molecular weight is 1380 g/mol. The first-order valence-corrected chi connectivity index (χ1v) is 37.2. The molecule has 0 saturated carbocycles. The van der Waals surface area contributed by atoms with Gasteiger partial charge in [0.1, 0.15) is 11.5 Å². The number of aromatic nitrogens is 1. The summed E-state index contributed by atoms with van der Waals surface area (Å²) in [5.41, 5.74) is 30.4. The molecule has 504 valence electrons. The molecule has 17 aromatic rings. The van der Waals surface area contributed by atoms with Crippen LogP contribution < -0.4 is 52.2 Å². The molecule has 23 rings (SSSR count). The smallest absolute Gasteiger partial charge is 0.256 e. The van der Waals surface area contributed by atoms with E-state index in [4.69, 9.17) is 4.74 Å². The third kappa shape index (κ3) is 8.44. The van der Waals surface area contributed by atoms with Crippen LogP contribution in [0, 0.1) is 0 Å². The van der Waals surface area contributed by atoms with Crippen molar-refractivity contribution in [3.8, 4) is 72.8 Å². The monoisotopic (exact) mass is 1380 g/mol. The van der Waals surface area contributed by atoms with Gasteiger partial charge in [-0.3, -0.25) is 0 Å². The standard InChI is InChI=1S/C101H68B2N4O/c1-100(2,3)66-57-77(63-31-8-4-9-32-63)99(78(58-66)64-33-10-5-11-34-64)107-90-62-94-85(61-84(90)102-82-49-24-28-53-88(82)105(68-37-14-7-15-38-68)92-59-69(60-93(107)97(92)102)106-86-51-26-19-42-74(86)75-43-20-27-52-87(75)106)103-83-50-25-29-54-89(83)104(67-35-12-6-13-36-67)91-55-65(56-95(108-94)98(91)103)70-44-30-45-76-73-41-18-23-48-81(73)101(96(70)76)79-46-21-16-39-71(79)72-40-17-22-47-80(72)101/h4-62H,1-3H3/i19D,20D,26D,27D,42D,43D,51D,52D. The molecule has 0 amide bonds. The van der Waals surface area contributed by atoms with E-state index in [1.165, 1.54) is 44.5 Å². The second kappa shape index (κ2) is 22.8. The number of rotatable bonds is 7. The molecule has 0 N–H and O–H groups in total. The molecular weight excluding hydrogens is 1310 g/mol. The minimum absolute atomic E-state index is 0.00722. The Bertz CT molecular complexity index is 6990. The van der Waals surface area contributed by atoms with Gasteiger partial charge in [0.25, 0.3) is 13.4 Å². The van der Waals surface area contributed by atoms with E-state index >= 15 is 0 Å². The van der Waals surface area contributed by atoms with Gasteiger partial charge < -0.3 is 24.0 Å². The van der Waals surface area contributed by atoms with E-state index in [1.54, 1.807) is 4.57 Å². The number of fused-ring (bicyclic) bond motifs is 21. The molecular formula is C101H68B2N4O. The molecule has 0 radical (unpaired) electrons. The Labute approximate surface area is 640 Å². The summed E-state index contributed by atoms with van der Waals surface area (Å²) < 4.78 is 86.5. The van der Waals surface area contributed by atoms with E-state index in [9.17, 15) is 11.0 Å². The summed E-state index contributed by atoms with van der Waals surface area (Å²) in [6.45, 7) is 5.89. The maximum Gasteiger partial charge on any atom is 0.256 e. The fourth-order valence-electron chi connectivity index (χ4n) is 19.4. The zero-order chi connectivity index (χ0) is 78.2. The first-order chi connectivity index (χ1) is 56.6. The molecule has 6 aliphatic rings. The van der Waals surface area contributed by atoms with Gasteiger partial charge in [-0.25, -0.2) is 0 Å². The second-order valence-corrected chi connectivity index (χ2v) is 30.3. The summed E-state index contributed by atoms with van der Waals surface area (Å²) in [4.78, 5) is 7.16. The molecule has 5 nitrogen and oxygen atoms in total.